The number of esters is 2. The Kier molecular flexibility index (Phi) is 27.7. The number of halogens is 5. The number of rotatable bonds is 19. The number of H-pyrrole nitrogens is 2. The van der Waals surface area contributed by atoms with Crippen LogP contribution >= 0.6 is 15.9 Å². The number of benzene rings is 6. The van der Waals surface area contributed by atoms with Gasteiger partial charge >= 0.3 is 36.3 Å². The van der Waals surface area contributed by atoms with Crippen molar-refractivity contribution in [2.45, 2.75) is 247 Å². The molecule has 120 heavy (non-hydrogen) atoms. The van der Waals surface area contributed by atoms with Gasteiger partial charge in [-0.2, -0.15) is 0 Å². The predicted octanol–water partition coefficient (Wildman–Crippen LogP) is 22.2. The first-order chi connectivity index (χ1) is 56.8. The molecular formula is C95H115BrF4N8O12. The zero-order valence-electron chi connectivity index (χ0n) is 71.9. The van der Waals surface area contributed by atoms with Crippen LogP contribution in [0.2, 0.25) is 0 Å². The number of alkyl halides is 1. The molecule has 4 aliphatic heterocycles. The number of hydrogen-bond donors (Lipinski definition) is 2. The third-order valence-electron chi connectivity index (χ3n) is 22.1. The number of fused-ring (bicyclic) bond motifs is 4. The van der Waals surface area contributed by atoms with E-state index in [0.29, 0.717) is 86.9 Å². The van der Waals surface area contributed by atoms with Gasteiger partial charge in [0.2, 0.25) is 0 Å². The molecule has 4 saturated heterocycles. The van der Waals surface area contributed by atoms with Crippen LogP contribution in [0.1, 0.15) is 184 Å². The highest BCUT2D eigenvalue weighted by Crippen LogP contribution is 2.44. The molecule has 2 N–H and O–H groups in total. The highest BCUT2D eigenvalue weighted by atomic mass is 79.9. The van der Waals surface area contributed by atoms with E-state index >= 15 is 8.78 Å². The van der Waals surface area contributed by atoms with E-state index in [1.807, 2.05) is 138 Å². The second-order valence-electron chi connectivity index (χ2n) is 35.8. The Morgan fingerprint density at radius 3 is 0.983 bits per heavy atom. The second kappa shape index (κ2) is 37.4. The van der Waals surface area contributed by atoms with E-state index in [-0.39, 0.29) is 90.9 Å². The molecule has 0 radical (unpaired) electrons. The molecule has 642 valence electrons. The highest BCUT2D eigenvalue weighted by Gasteiger charge is 2.40. The fourth-order valence-corrected chi connectivity index (χ4v) is 17.5. The highest BCUT2D eigenvalue weighted by molar-refractivity contribution is 9.09. The number of aryl methyl sites for hydroxylation is 1. The normalized spacial score (nSPS) is 17.1. The molecule has 4 aliphatic rings. The standard InChI is InChI=1S/C49H60F2N4O6.C42H48F2N4O4.C4H7BrO2/c1-9-22-54-42-27-34(50)18-20-38(42)40(29-36-12-10-23-52(36)46(57)60-48(3,4)5)44(54)32-14-16-33(17-15-32)45-41(30-37-13-11-24-53(37)47(58)61-49(6,7)8)39-21-19-35(51)28-43(39)55(45)25-26-59-31(2)56;1-41(2,3)51-39(49)47-19-7-9-29(47)23-33-31-17-15-27(43)21-35(31)45-37(33)25-11-13-26(14-12-25)38-34(32-18-16-28(44)22-36(32)46-38)24-30-10-8-20-48(30)40(50)52-42(4,5)6;1-4(6)7-3-2-5/h14-21,27-28,36-37H,9-13,22-26,29-30H2,1-8H3;11-18,21-22,29-30,45-46H,7-10,19-20,23-24H2,1-6H3;2-3H2,1H3/t36-,37-;29-,30-;/m00./s1. The summed E-state index contributed by atoms with van der Waals surface area (Å²) in [5, 5.41) is 4.36. The Morgan fingerprint density at radius 2 is 0.683 bits per heavy atom. The van der Waals surface area contributed by atoms with Gasteiger partial charge in [-0.1, -0.05) is 71.4 Å². The molecule has 0 unspecified atom stereocenters. The van der Waals surface area contributed by atoms with Gasteiger partial charge in [-0.15, -0.1) is 0 Å². The Morgan fingerprint density at radius 1 is 0.392 bits per heavy atom. The molecule has 20 nitrogen and oxygen atoms in total. The first-order valence-corrected chi connectivity index (χ1v) is 43.2. The first kappa shape index (κ1) is 89.0. The summed E-state index contributed by atoms with van der Waals surface area (Å²) in [5.41, 5.74) is 11.7. The van der Waals surface area contributed by atoms with Gasteiger partial charge in [0.1, 0.15) is 58.9 Å². The van der Waals surface area contributed by atoms with Crippen molar-refractivity contribution >= 4 is 95.9 Å². The van der Waals surface area contributed by atoms with Gasteiger partial charge in [0.15, 0.2) is 0 Å². The van der Waals surface area contributed by atoms with Crippen molar-refractivity contribution in [1.29, 1.82) is 0 Å². The van der Waals surface area contributed by atoms with E-state index in [1.54, 1.807) is 24.3 Å². The van der Waals surface area contributed by atoms with Gasteiger partial charge in [0.25, 0.3) is 0 Å². The minimum atomic E-state index is -0.646. The molecule has 0 spiro atoms. The third-order valence-corrected chi connectivity index (χ3v) is 22.4. The predicted molar refractivity (Wildman–Crippen MR) is 465 cm³/mol. The number of likely N-dealkylation sites (tertiary alicyclic amines) is 4. The summed E-state index contributed by atoms with van der Waals surface area (Å²) in [6.45, 7) is 31.3. The number of aromatic amines is 2. The maximum absolute atomic E-state index is 15.1. The smallest absolute Gasteiger partial charge is 0.410 e. The Labute approximate surface area is 709 Å². The van der Waals surface area contributed by atoms with Crippen molar-refractivity contribution in [3.05, 3.63) is 167 Å². The largest absolute Gasteiger partial charge is 0.465 e. The molecule has 25 heteroatoms. The topological polar surface area (TPSA) is 212 Å². The number of carbonyl (C=O) groups excluding carboxylic acids is 6. The lowest BCUT2D eigenvalue weighted by molar-refractivity contribution is -0.141. The summed E-state index contributed by atoms with van der Waals surface area (Å²) in [4.78, 5) is 89.4. The zero-order chi connectivity index (χ0) is 86.4. The van der Waals surface area contributed by atoms with Crippen LogP contribution in [0.3, 0.4) is 0 Å². The zero-order valence-corrected chi connectivity index (χ0v) is 73.5. The van der Waals surface area contributed by atoms with E-state index in [1.165, 1.54) is 56.3 Å². The average molecular weight is 1720 g/mol. The lowest BCUT2D eigenvalue weighted by Crippen LogP contribution is -2.40. The maximum Gasteiger partial charge on any atom is 0.410 e. The van der Waals surface area contributed by atoms with Crippen molar-refractivity contribution < 1.29 is 74.8 Å². The SMILES string of the molecule is CC(=O)OCCBr.CC(C)(C)OC(=O)N1CCC[C@H]1Cc1c(-c2ccc(-c3[nH]c4cc(F)ccc4c3C[C@@H]3CCCN3C(=O)OC(C)(C)C)cc2)[nH]c2cc(F)ccc12.CCCn1c(-c2ccc(-c3c(C[C@@H]4CCCN4C(=O)OC(C)(C)C)c4ccc(F)cc4n3CCOC(C)=O)cc2)c(C[C@@H]2CCCN2C(=O)OC(C)(C)C)c2ccc(F)cc21. The fourth-order valence-electron chi connectivity index (χ4n) is 17.4. The molecule has 10 aromatic rings. The molecular weight excluding hydrogens is 1600 g/mol. The van der Waals surface area contributed by atoms with Crippen LogP contribution in [0.25, 0.3) is 88.6 Å². The third kappa shape index (κ3) is 21.5. The summed E-state index contributed by atoms with van der Waals surface area (Å²) in [6, 6.07) is 35.4. The summed E-state index contributed by atoms with van der Waals surface area (Å²) >= 11 is 3.10. The van der Waals surface area contributed by atoms with E-state index in [9.17, 15) is 37.5 Å². The number of amides is 4. The summed E-state index contributed by atoms with van der Waals surface area (Å²) < 4.78 is 96.3. The Bertz CT molecular complexity index is 5220. The van der Waals surface area contributed by atoms with Crippen molar-refractivity contribution in [3.63, 3.8) is 0 Å². The number of hydrogen-bond acceptors (Lipinski definition) is 12. The quantitative estimate of drug-likeness (QED) is 0.0335. The van der Waals surface area contributed by atoms with Crippen LogP contribution in [-0.2, 0) is 76.8 Å². The Balaban J connectivity index is 0.000000206. The molecule has 6 aromatic carbocycles. The lowest BCUT2D eigenvalue weighted by Gasteiger charge is -2.29. The van der Waals surface area contributed by atoms with E-state index in [0.717, 1.165) is 152 Å². The molecule has 4 atom stereocenters. The molecule has 4 fully saturated rings. The van der Waals surface area contributed by atoms with E-state index in [4.69, 9.17) is 23.7 Å². The first-order valence-electron chi connectivity index (χ1n) is 42.1. The minimum absolute atomic E-state index is 0.0536. The van der Waals surface area contributed by atoms with Gasteiger partial charge in [0.05, 0.1) is 29.0 Å². The number of ether oxygens (including phenoxy) is 6. The van der Waals surface area contributed by atoms with Crippen LogP contribution in [0.15, 0.2) is 121 Å². The summed E-state index contributed by atoms with van der Waals surface area (Å²) in [7, 11) is 0. The monoisotopic (exact) mass is 1710 g/mol. The van der Waals surface area contributed by atoms with E-state index < -0.39 is 28.4 Å². The molecule has 8 heterocycles. The van der Waals surface area contributed by atoms with Crippen molar-refractivity contribution in [3.8, 4) is 45.0 Å². The van der Waals surface area contributed by atoms with E-state index in [2.05, 4.69) is 66.4 Å². The van der Waals surface area contributed by atoms with Crippen LogP contribution in [0.4, 0.5) is 36.7 Å². The van der Waals surface area contributed by atoms with Crippen molar-refractivity contribution in [1.82, 2.24) is 38.7 Å². The number of carbonyl (C=O) groups is 6. The summed E-state index contributed by atoms with van der Waals surface area (Å²) in [6.07, 6.45) is 8.58. The average Bonchev–Trinajstić information content (AvgIpc) is 1.60. The second-order valence-corrected chi connectivity index (χ2v) is 36.6. The summed E-state index contributed by atoms with van der Waals surface area (Å²) in [5.74, 6) is -1.98. The van der Waals surface area contributed by atoms with Crippen LogP contribution < -0.4 is 0 Å². The Hall–Kier alpha value is -10.3. The van der Waals surface area contributed by atoms with Crippen molar-refractivity contribution in [2.75, 3.05) is 44.7 Å². The van der Waals surface area contributed by atoms with Gasteiger partial charge in [-0.25, -0.2) is 36.7 Å². The minimum Gasteiger partial charge on any atom is -0.465 e. The fraction of sp³-hybridized carbons (Fsp3) is 0.474. The number of aromatic nitrogens is 4. The van der Waals surface area contributed by atoms with Crippen LogP contribution in [0, 0.1) is 23.3 Å². The van der Waals surface area contributed by atoms with Gasteiger partial charge in [0, 0.05) is 120 Å². The van der Waals surface area contributed by atoms with Gasteiger partial charge in [-0.05, 0) is 284 Å². The van der Waals surface area contributed by atoms with Crippen LogP contribution in [0.5, 0.6) is 0 Å². The van der Waals surface area contributed by atoms with Gasteiger partial charge < -0.3 is 67.1 Å². The molecule has 4 amide bonds. The molecule has 0 saturated carbocycles. The molecule has 14 rings (SSSR count). The number of nitrogens with zero attached hydrogens (tertiary/aromatic N) is 6. The van der Waals surface area contributed by atoms with Crippen molar-refractivity contribution in [2.24, 2.45) is 0 Å². The number of nitrogens with one attached hydrogen (secondary N) is 2. The maximum atomic E-state index is 15.1. The molecule has 4 aromatic heterocycles. The lowest BCUT2D eigenvalue weighted by atomic mass is 9.95. The van der Waals surface area contributed by atoms with Gasteiger partial charge in [-0.3, -0.25) is 9.59 Å². The van der Waals surface area contributed by atoms with Crippen LogP contribution in [-0.4, -0.2) is 166 Å². The molecule has 0 aliphatic carbocycles. The molecule has 0 bridgehead atoms.